The Bertz CT molecular complexity index is 1600. The van der Waals surface area contributed by atoms with Gasteiger partial charge in [-0.25, -0.2) is 0 Å². The van der Waals surface area contributed by atoms with Crippen LogP contribution in [-0.2, 0) is 5.41 Å². The summed E-state index contributed by atoms with van der Waals surface area (Å²) in [6.07, 6.45) is 2.04. The molecule has 0 aliphatic heterocycles. The van der Waals surface area contributed by atoms with Crippen LogP contribution in [0.2, 0.25) is 19.6 Å². The SMILES string of the molecule is Cc1ccc2cnc3c(c2c1)C(C)(C)c1ccc([Si](C)(C)C)c2oc4c(C)ccc-3c4c12. The Kier molecular flexibility index (Phi) is 3.77. The van der Waals surface area contributed by atoms with Gasteiger partial charge in [-0.15, -0.1) is 0 Å². The minimum Gasteiger partial charge on any atom is -0.456 e. The van der Waals surface area contributed by atoms with Gasteiger partial charge in [0.15, 0.2) is 0 Å². The number of aryl methyl sites for hydroxylation is 2. The molecule has 0 spiro atoms. The van der Waals surface area contributed by atoms with Gasteiger partial charge in [-0.1, -0.05) is 81.5 Å². The third-order valence-electron chi connectivity index (χ3n) is 7.38. The molecule has 2 heterocycles. The van der Waals surface area contributed by atoms with Gasteiger partial charge in [-0.3, -0.25) is 4.98 Å². The van der Waals surface area contributed by atoms with Crippen molar-refractivity contribution in [1.82, 2.24) is 4.98 Å². The van der Waals surface area contributed by atoms with E-state index in [1.54, 1.807) is 0 Å². The van der Waals surface area contributed by atoms with Crippen molar-refractivity contribution in [3.63, 3.8) is 0 Å². The molecule has 0 saturated heterocycles. The second-order valence-electron chi connectivity index (χ2n) is 11.0. The molecule has 1 aliphatic carbocycles. The molecule has 3 heteroatoms. The first-order valence-electron chi connectivity index (χ1n) is 11.5. The smallest absolute Gasteiger partial charge is 0.139 e. The zero-order chi connectivity index (χ0) is 22.6. The van der Waals surface area contributed by atoms with Crippen LogP contribution < -0.4 is 5.19 Å². The summed E-state index contributed by atoms with van der Waals surface area (Å²) >= 11 is 0. The topological polar surface area (TPSA) is 26.0 Å². The fourth-order valence-corrected chi connectivity index (χ4v) is 7.15. The van der Waals surface area contributed by atoms with Crippen LogP contribution in [0.1, 0.15) is 36.1 Å². The van der Waals surface area contributed by atoms with Gasteiger partial charge >= 0.3 is 0 Å². The van der Waals surface area contributed by atoms with Crippen molar-refractivity contribution in [3.8, 4) is 11.3 Å². The highest BCUT2D eigenvalue weighted by Gasteiger charge is 2.37. The summed E-state index contributed by atoms with van der Waals surface area (Å²) in [6.45, 7) is 16.3. The first-order chi connectivity index (χ1) is 15.1. The summed E-state index contributed by atoms with van der Waals surface area (Å²) in [5.74, 6) is 0. The number of nitrogens with zero attached hydrogens (tertiary/aromatic N) is 1. The maximum absolute atomic E-state index is 6.72. The zero-order valence-electron chi connectivity index (χ0n) is 20.0. The van der Waals surface area contributed by atoms with Crippen LogP contribution in [-0.4, -0.2) is 13.1 Å². The Morgan fingerprint density at radius 3 is 2.41 bits per heavy atom. The summed E-state index contributed by atoms with van der Waals surface area (Å²) in [6, 6.07) is 15.9. The molecule has 0 amide bonds. The van der Waals surface area contributed by atoms with Crippen LogP contribution in [0.5, 0.6) is 0 Å². The van der Waals surface area contributed by atoms with Crippen molar-refractivity contribution < 1.29 is 4.42 Å². The number of rotatable bonds is 1. The van der Waals surface area contributed by atoms with Crippen LogP contribution in [0.4, 0.5) is 0 Å². The summed E-state index contributed by atoms with van der Waals surface area (Å²) in [7, 11) is -1.60. The highest BCUT2D eigenvalue weighted by Crippen LogP contribution is 2.51. The largest absolute Gasteiger partial charge is 0.456 e. The van der Waals surface area contributed by atoms with Crippen LogP contribution in [0.3, 0.4) is 0 Å². The fourth-order valence-electron chi connectivity index (χ4n) is 5.71. The lowest BCUT2D eigenvalue weighted by molar-refractivity contribution is 0.646. The predicted octanol–water partition coefficient (Wildman–Crippen LogP) is 7.60. The second kappa shape index (κ2) is 6.11. The number of hydrogen-bond donors (Lipinski definition) is 0. The summed E-state index contributed by atoms with van der Waals surface area (Å²) in [5.41, 5.74) is 9.31. The molecule has 0 radical (unpaired) electrons. The lowest BCUT2D eigenvalue weighted by Gasteiger charge is -2.30. The summed E-state index contributed by atoms with van der Waals surface area (Å²) < 4.78 is 6.72. The third kappa shape index (κ3) is 2.43. The second-order valence-corrected chi connectivity index (χ2v) is 16.1. The van der Waals surface area contributed by atoms with Crippen LogP contribution in [0.15, 0.2) is 53.1 Å². The molecule has 0 saturated carbocycles. The van der Waals surface area contributed by atoms with Gasteiger partial charge in [0.25, 0.3) is 0 Å². The molecule has 0 unspecified atom stereocenters. The molecule has 0 atom stereocenters. The fraction of sp³-hybridized carbons (Fsp3) is 0.276. The van der Waals surface area contributed by atoms with Crippen molar-refractivity contribution >= 4 is 46.0 Å². The Morgan fingerprint density at radius 2 is 1.66 bits per heavy atom. The molecule has 6 rings (SSSR count). The summed E-state index contributed by atoms with van der Waals surface area (Å²) in [5, 5.41) is 6.43. The van der Waals surface area contributed by atoms with Crippen molar-refractivity contribution in [2.45, 2.75) is 52.8 Å². The first kappa shape index (κ1) is 19.7. The molecule has 5 aromatic rings. The Labute approximate surface area is 190 Å². The Hall–Kier alpha value is -2.91. The third-order valence-corrected chi connectivity index (χ3v) is 9.39. The average Bonchev–Trinajstić information content (AvgIpc) is 3.09. The van der Waals surface area contributed by atoms with E-state index in [1.165, 1.54) is 54.5 Å². The molecular formula is C29H29NOSi. The van der Waals surface area contributed by atoms with E-state index in [1.807, 2.05) is 6.20 Å². The van der Waals surface area contributed by atoms with E-state index in [0.717, 1.165) is 16.9 Å². The van der Waals surface area contributed by atoms with Gasteiger partial charge in [0.05, 0.1) is 13.8 Å². The van der Waals surface area contributed by atoms with Crippen molar-refractivity contribution in [1.29, 1.82) is 0 Å². The Morgan fingerprint density at radius 1 is 0.875 bits per heavy atom. The molecule has 0 bridgehead atoms. The molecule has 0 N–H and O–H groups in total. The molecular weight excluding hydrogens is 406 g/mol. The minimum absolute atomic E-state index is 0.213. The van der Waals surface area contributed by atoms with Crippen molar-refractivity contribution in [3.05, 3.63) is 70.9 Å². The number of furan rings is 1. The molecule has 2 aromatic heterocycles. The van der Waals surface area contributed by atoms with Gasteiger partial charge in [-0.05, 0) is 41.1 Å². The maximum Gasteiger partial charge on any atom is 0.139 e. The highest BCUT2D eigenvalue weighted by atomic mass is 28.3. The molecule has 160 valence electrons. The monoisotopic (exact) mass is 435 g/mol. The molecule has 3 aromatic carbocycles. The number of aromatic nitrogens is 1. The summed E-state index contributed by atoms with van der Waals surface area (Å²) in [4.78, 5) is 5.08. The van der Waals surface area contributed by atoms with E-state index >= 15 is 0 Å². The maximum atomic E-state index is 6.72. The van der Waals surface area contributed by atoms with Gasteiger partial charge in [0.2, 0.25) is 0 Å². The van der Waals surface area contributed by atoms with E-state index < -0.39 is 8.07 Å². The van der Waals surface area contributed by atoms with Gasteiger partial charge < -0.3 is 4.42 Å². The Balaban J connectivity index is 1.91. The lowest BCUT2D eigenvalue weighted by Crippen LogP contribution is -2.38. The average molecular weight is 436 g/mol. The minimum atomic E-state index is -1.60. The molecule has 2 nitrogen and oxygen atoms in total. The molecule has 1 aliphatic rings. The number of benzene rings is 3. The number of fused-ring (bicyclic) bond motifs is 4. The first-order valence-corrected chi connectivity index (χ1v) is 15.0. The number of hydrogen-bond acceptors (Lipinski definition) is 2. The van der Waals surface area contributed by atoms with E-state index in [0.29, 0.717) is 0 Å². The van der Waals surface area contributed by atoms with E-state index in [2.05, 4.69) is 89.8 Å². The normalized spacial score (nSPS) is 15.0. The van der Waals surface area contributed by atoms with Crippen LogP contribution >= 0.6 is 0 Å². The van der Waals surface area contributed by atoms with Crippen molar-refractivity contribution in [2.75, 3.05) is 0 Å². The zero-order valence-corrected chi connectivity index (χ0v) is 21.0. The van der Waals surface area contributed by atoms with Crippen LogP contribution in [0, 0.1) is 13.8 Å². The van der Waals surface area contributed by atoms with Crippen LogP contribution in [0.25, 0.3) is 44.0 Å². The van der Waals surface area contributed by atoms with Gasteiger partial charge in [0, 0.05) is 33.3 Å². The molecule has 32 heavy (non-hydrogen) atoms. The van der Waals surface area contributed by atoms with E-state index in [-0.39, 0.29) is 5.41 Å². The molecule has 0 fully saturated rings. The van der Waals surface area contributed by atoms with Gasteiger partial charge in [0.1, 0.15) is 11.2 Å². The van der Waals surface area contributed by atoms with Crippen molar-refractivity contribution in [2.24, 2.45) is 0 Å². The standard InChI is InChI=1S/C29H29NOSi/c1-16-8-10-18-15-30-26-19-11-9-17(2)27-23(19)24-21(29(3,4)25(26)20(18)14-16)12-13-22(28(24)31-27)32(5,6)7/h8-15H,1-7H3. The lowest BCUT2D eigenvalue weighted by atomic mass is 9.75. The van der Waals surface area contributed by atoms with E-state index in [4.69, 9.17) is 9.40 Å². The van der Waals surface area contributed by atoms with Gasteiger partial charge in [-0.2, -0.15) is 0 Å². The predicted molar refractivity (Wildman–Crippen MR) is 139 cm³/mol. The quantitative estimate of drug-likeness (QED) is 0.253. The number of pyridine rings is 1. The highest BCUT2D eigenvalue weighted by molar-refractivity contribution is 6.90. The van der Waals surface area contributed by atoms with E-state index in [9.17, 15) is 0 Å².